The van der Waals surface area contributed by atoms with Crippen molar-refractivity contribution in [3.63, 3.8) is 0 Å². The molecule has 104 valence electrons. The van der Waals surface area contributed by atoms with E-state index in [2.05, 4.69) is 19.2 Å². The number of ether oxygens (including phenoxy) is 1. The van der Waals surface area contributed by atoms with Gasteiger partial charge in [0.05, 0.1) is 6.61 Å². The molecule has 1 fully saturated rings. The van der Waals surface area contributed by atoms with Crippen molar-refractivity contribution >= 4 is 11.8 Å². The fraction of sp³-hybridized carbons (Fsp3) is 0.846. The summed E-state index contributed by atoms with van der Waals surface area (Å²) in [6, 6.07) is -0.448. The number of rotatable bonds is 5. The van der Waals surface area contributed by atoms with Crippen LogP contribution < -0.4 is 5.32 Å². The molecule has 18 heavy (non-hydrogen) atoms. The molecule has 5 nitrogen and oxygen atoms in total. The van der Waals surface area contributed by atoms with Crippen LogP contribution in [0.3, 0.4) is 0 Å². The van der Waals surface area contributed by atoms with E-state index in [9.17, 15) is 9.59 Å². The third kappa shape index (κ3) is 3.22. The number of nitrogens with one attached hydrogen (secondary N) is 1. The summed E-state index contributed by atoms with van der Waals surface area (Å²) in [6.45, 7) is 11.0. The maximum absolute atomic E-state index is 12.1. The van der Waals surface area contributed by atoms with Crippen LogP contribution in [-0.4, -0.2) is 48.1 Å². The van der Waals surface area contributed by atoms with Crippen LogP contribution in [0, 0.1) is 5.92 Å². The van der Waals surface area contributed by atoms with Crippen molar-refractivity contribution in [2.24, 2.45) is 5.92 Å². The highest BCUT2D eigenvalue weighted by Gasteiger charge is 2.44. The van der Waals surface area contributed by atoms with Crippen molar-refractivity contribution in [3.8, 4) is 0 Å². The lowest BCUT2D eigenvalue weighted by molar-refractivity contribution is -0.155. The van der Waals surface area contributed by atoms with Gasteiger partial charge >= 0.3 is 0 Å². The highest BCUT2D eigenvalue weighted by atomic mass is 16.5. The summed E-state index contributed by atoms with van der Waals surface area (Å²) in [5, 5.41) is 2.69. The topological polar surface area (TPSA) is 58.6 Å². The van der Waals surface area contributed by atoms with Gasteiger partial charge in [-0.15, -0.1) is 0 Å². The van der Waals surface area contributed by atoms with Gasteiger partial charge in [-0.25, -0.2) is 0 Å². The quantitative estimate of drug-likeness (QED) is 0.740. The molecular weight excluding hydrogens is 232 g/mol. The summed E-state index contributed by atoms with van der Waals surface area (Å²) in [5.41, 5.74) is -0.801. The van der Waals surface area contributed by atoms with E-state index in [-0.39, 0.29) is 11.8 Å². The first-order valence-electron chi connectivity index (χ1n) is 6.47. The Morgan fingerprint density at radius 1 is 1.39 bits per heavy atom. The molecule has 0 radical (unpaired) electrons. The molecule has 1 N–H and O–H groups in total. The summed E-state index contributed by atoms with van der Waals surface area (Å²) in [7, 11) is 0. The maximum atomic E-state index is 12.1. The minimum Gasteiger partial charge on any atom is -0.379 e. The van der Waals surface area contributed by atoms with Crippen LogP contribution in [0.5, 0.6) is 0 Å². The maximum Gasteiger partial charge on any atom is 0.246 e. The van der Waals surface area contributed by atoms with E-state index < -0.39 is 11.6 Å². The number of nitrogens with zero attached hydrogens (tertiary/aromatic N) is 1. The summed E-state index contributed by atoms with van der Waals surface area (Å²) in [5.74, 6) is 0.309. The third-order valence-corrected chi connectivity index (χ3v) is 3.12. The summed E-state index contributed by atoms with van der Waals surface area (Å²) < 4.78 is 5.48. The molecule has 0 aromatic heterocycles. The molecule has 0 aromatic carbocycles. The zero-order valence-corrected chi connectivity index (χ0v) is 11.9. The lowest BCUT2D eigenvalue weighted by atomic mass is 9.96. The van der Waals surface area contributed by atoms with E-state index in [0.29, 0.717) is 25.7 Å². The van der Waals surface area contributed by atoms with Gasteiger partial charge in [-0.2, -0.15) is 0 Å². The number of carbonyl (C=O) groups is 2. The second-order valence-electron chi connectivity index (χ2n) is 5.71. The third-order valence-electron chi connectivity index (χ3n) is 3.12. The van der Waals surface area contributed by atoms with Gasteiger partial charge in [-0.05, 0) is 26.7 Å². The Morgan fingerprint density at radius 2 is 2.00 bits per heavy atom. The van der Waals surface area contributed by atoms with Crippen LogP contribution in [-0.2, 0) is 14.3 Å². The van der Waals surface area contributed by atoms with E-state index in [1.807, 2.05) is 0 Å². The fourth-order valence-electron chi connectivity index (χ4n) is 1.93. The minimum absolute atomic E-state index is 0.0484. The first kappa shape index (κ1) is 15.0. The first-order valence-corrected chi connectivity index (χ1v) is 6.47. The van der Waals surface area contributed by atoms with E-state index in [4.69, 9.17) is 4.74 Å². The molecule has 1 heterocycles. The van der Waals surface area contributed by atoms with Gasteiger partial charge in [-0.1, -0.05) is 13.8 Å². The molecule has 0 saturated carbocycles. The lowest BCUT2D eigenvalue weighted by Gasteiger charge is -2.43. The standard InChI is InChI=1S/C13H24N2O3/c1-9(2)8-18-7-6-15-11(16)10(3)14-12(17)13(15,4)5/h9-10H,6-8H2,1-5H3,(H,14,17). The van der Waals surface area contributed by atoms with Crippen LogP contribution in [0.2, 0.25) is 0 Å². The predicted octanol–water partition coefficient (Wildman–Crippen LogP) is 0.785. The lowest BCUT2D eigenvalue weighted by Crippen LogP contribution is -2.68. The van der Waals surface area contributed by atoms with Crippen LogP contribution >= 0.6 is 0 Å². The van der Waals surface area contributed by atoms with Crippen molar-refractivity contribution in [3.05, 3.63) is 0 Å². The second-order valence-corrected chi connectivity index (χ2v) is 5.71. The molecule has 1 saturated heterocycles. The molecule has 0 spiro atoms. The average Bonchev–Trinajstić information content (AvgIpc) is 2.25. The minimum atomic E-state index is -0.801. The molecule has 2 amide bonds. The van der Waals surface area contributed by atoms with Gasteiger partial charge in [0, 0.05) is 13.2 Å². The molecule has 0 aromatic rings. The molecule has 0 bridgehead atoms. The molecule has 1 aliphatic rings. The van der Waals surface area contributed by atoms with E-state index in [1.54, 1.807) is 25.7 Å². The highest BCUT2D eigenvalue weighted by molar-refractivity contribution is 5.99. The molecular formula is C13H24N2O3. The van der Waals surface area contributed by atoms with Crippen LogP contribution in [0.15, 0.2) is 0 Å². The van der Waals surface area contributed by atoms with Crippen LogP contribution in [0.1, 0.15) is 34.6 Å². The summed E-state index contributed by atoms with van der Waals surface area (Å²) in [6.07, 6.45) is 0. The van der Waals surface area contributed by atoms with E-state index in [0.717, 1.165) is 0 Å². The summed E-state index contributed by atoms with van der Waals surface area (Å²) in [4.78, 5) is 25.6. The fourth-order valence-corrected chi connectivity index (χ4v) is 1.93. The number of amides is 2. The van der Waals surface area contributed by atoms with Gasteiger partial charge in [0.15, 0.2) is 0 Å². The van der Waals surface area contributed by atoms with Gasteiger partial charge < -0.3 is 15.0 Å². The second kappa shape index (κ2) is 5.69. The zero-order chi connectivity index (χ0) is 13.9. The monoisotopic (exact) mass is 256 g/mol. The van der Waals surface area contributed by atoms with Gasteiger partial charge in [-0.3, -0.25) is 9.59 Å². The Labute approximate surface area is 109 Å². The molecule has 1 atom stereocenters. The largest absolute Gasteiger partial charge is 0.379 e. The Balaban J connectivity index is 2.59. The van der Waals surface area contributed by atoms with E-state index in [1.165, 1.54) is 0 Å². The SMILES string of the molecule is CC(C)COCCN1C(=O)C(C)NC(=O)C1(C)C. The number of hydrogen-bond donors (Lipinski definition) is 1. The number of carbonyl (C=O) groups excluding carboxylic acids is 2. The number of hydrogen-bond acceptors (Lipinski definition) is 3. The smallest absolute Gasteiger partial charge is 0.246 e. The molecule has 1 unspecified atom stereocenters. The van der Waals surface area contributed by atoms with Gasteiger partial charge in [0.25, 0.3) is 0 Å². The van der Waals surface area contributed by atoms with Crippen LogP contribution in [0.4, 0.5) is 0 Å². The molecule has 5 heteroatoms. The Bertz CT molecular complexity index is 326. The van der Waals surface area contributed by atoms with Gasteiger partial charge in [0.1, 0.15) is 11.6 Å². The van der Waals surface area contributed by atoms with Crippen molar-refractivity contribution in [1.29, 1.82) is 0 Å². The zero-order valence-electron chi connectivity index (χ0n) is 11.9. The molecule has 1 rings (SSSR count). The Kier molecular flexibility index (Phi) is 4.73. The predicted molar refractivity (Wildman–Crippen MR) is 69.1 cm³/mol. The van der Waals surface area contributed by atoms with Crippen molar-refractivity contribution in [1.82, 2.24) is 10.2 Å². The normalized spacial score (nSPS) is 23.4. The van der Waals surface area contributed by atoms with Crippen LogP contribution in [0.25, 0.3) is 0 Å². The average molecular weight is 256 g/mol. The van der Waals surface area contributed by atoms with Gasteiger partial charge in [0.2, 0.25) is 11.8 Å². The van der Waals surface area contributed by atoms with Crippen molar-refractivity contribution in [2.45, 2.75) is 46.2 Å². The van der Waals surface area contributed by atoms with E-state index >= 15 is 0 Å². The molecule has 0 aliphatic carbocycles. The summed E-state index contributed by atoms with van der Waals surface area (Å²) >= 11 is 0. The molecule has 1 aliphatic heterocycles. The highest BCUT2D eigenvalue weighted by Crippen LogP contribution is 2.20. The first-order chi connectivity index (χ1) is 8.26. The Morgan fingerprint density at radius 3 is 2.56 bits per heavy atom. The number of piperazine rings is 1. The van der Waals surface area contributed by atoms with Crippen molar-refractivity contribution < 1.29 is 14.3 Å². The van der Waals surface area contributed by atoms with Crippen molar-refractivity contribution in [2.75, 3.05) is 19.8 Å². The Hall–Kier alpha value is -1.10.